The van der Waals surface area contributed by atoms with Crippen LogP contribution in [0.15, 0.2) is 16.6 Å². The van der Waals surface area contributed by atoms with Gasteiger partial charge in [-0.1, -0.05) is 6.08 Å². The van der Waals surface area contributed by atoms with Crippen LogP contribution in [0.5, 0.6) is 0 Å². The van der Waals surface area contributed by atoms with E-state index < -0.39 is 6.17 Å². The molecule has 0 aliphatic carbocycles. The number of nitrogens with zero attached hydrogens (tertiary/aromatic N) is 1. The fourth-order valence-corrected chi connectivity index (χ4v) is 0.940. The second kappa shape index (κ2) is 2.95. The molecule has 56 valence electrons. The van der Waals surface area contributed by atoms with Crippen LogP contribution in [0.4, 0.5) is 4.39 Å². The van der Waals surface area contributed by atoms with Gasteiger partial charge in [0.1, 0.15) is 6.17 Å². The van der Waals surface area contributed by atoms with Crippen LogP contribution in [0.1, 0.15) is 20.3 Å². The lowest BCUT2D eigenvalue weighted by atomic mass is 10.1. The van der Waals surface area contributed by atoms with Crippen LogP contribution in [0.3, 0.4) is 0 Å². The molecule has 0 bridgehead atoms. The lowest BCUT2D eigenvalue weighted by Crippen LogP contribution is -2.18. The summed E-state index contributed by atoms with van der Waals surface area (Å²) in [5.74, 6) is 0. The molecule has 2 unspecified atom stereocenters. The minimum absolute atomic E-state index is 0.135. The van der Waals surface area contributed by atoms with E-state index in [1.165, 1.54) is 0 Å². The van der Waals surface area contributed by atoms with Crippen molar-refractivity contribution in [2.24, 2.45) is 4.99 Å². The van der Waals surface area contributed by atoms with Gasteiger partial charge in [0, 0.05) is 6.21 Å². The molecule has 0 aromatic rings. The van der Waals surface area contributed by atoms with Gasteiger partial charge in [0.15, 0.2) is 0 Å². The molecule has 0 radical (unpaired) electrons. The molecule has 10 heavy (non-hydrogen) atoms. The van der Waals surface area contributed by atoms with Gasteiger partial charge >= 0.3 is 0 Å². The number of allylic oxidation sites excluding steroid dienone is 1. The van der Waals surface area contributed by atoms with E-state index in [1.54, 1.807) is 13.1 Å². The van der Waals surface area contributed by atoms with Gasteiger partial charge in [-0.2, -0.15) is 0 Å². The summed E-state index contributed by atoms with van der Waals surface area (Å²) in [4.78, 5) is 4.04. The third-order valence-corrected chi connectivity index (χ3v) is 1.68. The number of rotatable bonds is 1. The maximum absolute atomic E-state index is 12.6. The Bertz CT molecular complexity index is 170. The highest BCUT2D eigenvalue weighted by atomic mass is 19.1. The van der Waals surface area contributed by atoms with Gasteiger partial charge in [0.25, 0.3) is 0 Å². The van der Waals surface area contributed by atoms with E-state index in [1.807, 2.05) is 13.0 Å². The van der Waals surface area contributed by atoms with E-state index in [4.69, 9.17) is 0 Å². The number of hydrogen-bond donors (Lipinski definition) is 0. The first-order chi connectivity index (χ1) is 4.70. The number of alkyl halides is 1. The van der Waals surface area contributed by atoms with Crippen LogP contribution in [-0.4, -0.2) is 18.4 Å². The Morgan fingerprint density at radius 3 is 2.90 bits per heavy atom. The number of halogens is 1. The summed E-state index contributed by atoms with van der Waals surface area (Å²) in [5.41, 5.74) is 1.14. The van der Waals surface area contributed by atoms with E-state index in [9.17, 15) is 4.39 Å². The SMILES string of the molecule is CC1=CCC(C(C)F)N=C1. The summed E-state index contributed by atoms with van der Waals surface area (Å²) in [6, 6.07) is -0.135. The molecular formula is C8H12FN. The van der Waals surface area contributed by atoms with Crippen molar-refractivity contribution < 1.29 is 4.39 Å². The van der Waals surface area contributed by atoms with E-state index in [2.05, 4.69) is 4.99 Å². The number of hydrogen-bond acceptors (Lipinski definition) is 1. The normalized spacial score (nSPS) is 27.9. The Morgan fingerprint density at radius 1 is 1.80 bits per heavy atom. The average molecular weight is 141 g/mol. The highest BCUT2D eigenvalue weighted by Crippen LogP contribution is 2.13. The predicted octanol–water partition coefficient (Wildman–Crippen LogP) is 2.13. The molecule has 0 spiro atoms. The van der Waals surface area contributed by atoms with Gasteiger partial charge in [0.05, 0.1) is 6.04 Å². The summed E-state index contributed by atoms with van der Waals surface area (Å²) in [7, 11) is 0. The summed E-state index contributed by atoms with van der Waals surface area (Å²) in [5, 5.41) is 0. The Kier molecular flexibility index (Phi) is 2.20. The van der Waals surface area contributed by atoms with Gasteiger partial charge in [-0.3, -0.25) is 4.99 Å². The van der Waals surface area contributed by atoms with Gasteiger partial charge in [-0.15, -0.1) is 0 Å². The largest absolute Gasteiger partial charge is 0.286 e. The Balaban J connectivity index is 2.52. The maximum atomic E-state index is 12.6. The van der Waals surface area contributed by atoms with Crippen molar-refractivity contribution in [2.45, 2.75) is 32.5 Å². The van der Waals surface area contributed by atoms with Gasteiger partial charge < -0.3 is 0 Å². The van der Waals surface area contributed by atoms with Crippen molar-refractivity contribution in [1.82, 2.24) is 0 Å². The molecule has 0 N–H and O–H groups in total. The van der Waals surface area contributed by atoms with Crippen LogP contribution >= 0.6 is 0 Å². The maximum Gasteiger partial charge on any atom is 0.120 e. The summed E-state index contributed by atoms with van der Waals surface area (Å²) in [6.07, 6.45) is 3.69. The lowest BCUT2D eigenvalue weighted by Gasteiger charge is -2.14. The Hall–Kier alpha value is -0.660. The zero-order valence-corrected chi connectivity index (χ0v) is 6.34. The Morgan fingerprint density at radius 2 is 2.50 bits per heavy atom. The van der Waals surface area contributed by atoms with Crippen molar-refractivity contribution in [1.29, 1.82) is 0 Å². The second-order valence-corrected chi connectivity index (χ2v) is 2.71. The van der Waals surface area contributed by atoms with Crippen molar-refractivity contribution >= 4 is 6.21 Å². The van der Waals surface area contributed by atoms with Crippen molar-refractivity contribution in [3.8, 4) is 0 Å². The lowest BCUT2D eigenvalue weighted by molar-refractivity contribution is 0.307. The average Bonchev–Trinajstić information content (AvgIpc) is 1.88. The fraction of sp³-hybridized carbons (Fsp3) is 0.625. The molecule has 1 aliphatic heterocycles. The van der Waals surface area contributed by atoms with Gasteiger partial charge in [-0.05, 0) is 25.8 Å². The minimum Gasteiger partial charge on any atom is -0.286 e. The fourth-order valence-electron chi connectivity index (χ4n) is 0.940. The van der Waals surface area contributed by atoms with E-state index >= 15 is 0 Å². The van der Waals surface area contributed by atoms with Crippen molar-refractivity contribution in [3.05, 3.63) is 11.6 Å². The second-order valence-electron chi connectivity index (χ2n) is 2.71. The highest BCUT2D eigenvalue weighted by molar-refractivity contribution is 5.78. The molecule has 1 aliphatic rings. The quantitative estimate of drug-likeness (QED) is 0.530. The molecule has 2 atom stereocenters. The van der Waals surface area contributed by atoms with Gasteiger partial charge in [-0.25, -0.2) is 4.39 Å². The van der Waals surface area contributed by atoms with E-state index in [0.29, 0.717) is 0 Å². The zero-order chi connectivity index (χ0) is 7.56. The van der Waals surface area contributed by atoms with Crippen LogP contribution in [-0.2, 0) is 0 Å². The molecule has 0 aromatic heterocycles. The first kappa shape index (κ1) is 7.45. The van der Waals surface area contributed by atoms with Crippen LogP contribution in [0.2, 0.25) is 0 Å². The molecule has 0 saturated carbocycles. The zero-order valence-electron chi connectivity index (χ0n) is 6.34. The standard InChI is InChI=1S/C8H12FN/c1-6-3-4-8(7(2)9)10-5-6/h3,5,7-8H,4H2,1-2H3. The van der Waals surface area contributed by atoms with E-state index in [-0.39, 0.29) is 6.04 Å². The third kappa shape index (κ3) is 1.66. The number of dihydropyridines is 1. The topological polar surface area (TPSA) is 12.4 Å². The molecule has 0 amide bonds. The molecule has 0 saturated heterocycles. The smallest absolute Gasteiger partial charge is 0.120 e. The van der Waals surface area contributed by atoms with E-state index in [0.717, 1.165) is 12.0 Å². The first-order valence-corrected chi connectivity index (χ1v) is 3.54. The molecule has 2 heteroatoms. The Labute approximate surface area is 60.7 Å². The van der Waals surface area contributed by atoms with Crippen LogP contribution in [0.25, 0.3) is 0 Å². The molecule has 1 nitrogen and oxygen atoms in total. The predicted molar refractivity (Wildman–Crippen MR) is 41.2 cm³/mol. The summed E-state index contributed by atoms with van der Waals surface area (Å²) < 4.78 is 12.6. The summed E-state index contributed by atoms with van der Waals surface area (Å²) in [6.45, 7) is 3.53. The van der Waals surface area contributed by atoms with Crippen molar-refractivity contribution in [3.63, 3.8) is 0 Å². The monoisotopic (exact) mass is 141 g/mol. The van der Waals surface area contributed by atoms with Crippen LogP contribution in [0, 0.1) is 0 Å². The van der Waals surface area contributed by atoms with Gasteiger partial charge in [0.2, 0.25) is 0 Å². The molecule has 0 fully saturated rings. The summed E-state index contributed by atoms with van der Waals surface area (Å²) >= 11 is 0. The minimum atomic E-state index is -0.819. The van der Waals surface area contributed by atoms with Crippen molar-refractivity contribution in [2.75, 3.05) is 0 Å². The third-order valence-electron chi connectivity index (χ3n) is 1.68. The molecule has 1 heterocycles. The molecular weight excluding hydrogens is 129 g/mol. The first-order valence-electron chi connectivity index (χ1n) is 3.54. The number of aliphatic imine (C=N–C) groups is 1. The highest BCUT2D eigenvalue weighted by Gasteiger charge is 2.14. The molecule has 0 aromatic carbocycles. The molecule has 1 rings (SSSR count). The van der Waals surface area contributed by atoms with Crippen LogP contribution < -0.4 is 0 Å².